The van der Waals surface area contributed by atoms with Gasteiger partial charge in [-0.15, -0.1) is 23.1 Å². The van der Waals surface area contributed by atoms with E-state index in [1.165, 1.54) is 11.1 Å². The van der Waals surface area contributed by atoms with Gasteiger partial charge >= 0.3 is 5.97 Å². The van der Waals surface area contributed by atoms with Gasteiger partial charge in [-0.3, -0.25) is 0 Å². The molecule has 0 spiro atoms. The topological polar surface area (TPSA) is 39.2 Å². The van der Waals surface area contributed by atoms with Crippen molar-refractivity contribution in [2.75, 3.05) is 0 Å². The molecule has 25 heavy (non-hydrogen) atoms. The largest absolute Gasteiger partial charge is 0.457 e. The number of ether oxygens (including phenoxy) is 1. The minimum absolute atomic E-state index is 0.284. The number of aromatic nitrogens is 1. The summed E-state index contributed by atoms with van der Waals surface area (Å²) in [5, 5.41) is 2.02. The number of thiazole rings is 1. The van der Waals surface area contributed by atoms with Gasteiger partial charge in [0.25, 0.3) is 0 Å². The molecule has 0 saturated heterocycles. The maximum absolute atomic E-state index is 12.5. The minimum Gasteiger partial charge on any atom is -0.457 e. The molecule has 3 aromatic rings. The van der Waals surface area contributed by atoms with Crippen molar-refractivity contribution in [3.63, 3.8) is 0 Å². The average molecular weight is 370 g/mol. The summed E-state index contributed by atoms with van der Waals surface area (Å²) in [5.74, 6) is 0.450. The van der Waals surface area contributed by atoms with E-state index in [0.717, 1.165) is 21.9 Å². The Morgan fingerprint density at radius 1 is 1.16 bits per heavy atom. The molecule has 0 radical (unpaired) electrons. The zero-order valence-corrected chi connectivity index (χ0v) is 15.8. The molecule has 2 aromatic carbocycles. The van der Waals surface area contributed by atoms with Gasteiger partial charge in [-0.1, -0.05) is 41.5 Å². The molecule has 0 unspecified atom stereocenters. The van der Waals surface area contributed by atoms with Crippen LogP contribution in [0.4, 0.5) is 0 Å². The third kappa shape index (κ3) is 4.94. The Hall–Kier alpha value is -2.11. The summed E-state index contributed by atoms with van der Waals surface area (Å²) in [6.07, 6.45) is 0. The lowest BCUT2D eigenvalue weighted by Crippen LogP contribution is -2.07. The van der Waals surface area contributed by atoms with Gasteiger partial charge in [0.1, 0.15) is 6.61 Å². The number of aryl methyl sites for hydroxylation is 2. The quantitative estimate of drug-likeness (QED) is 0.430. The summed E-state index contributed by atoms with van der Waals surface area (Å²) >= 11 is 3.18. The highest BCUT2D eigenvalue weighted by Crippen LogP contribution is 2.27. The van der Waals surface area contributed by atoms with Crippen LogP contribution in [-0.4, -0.2) is 11.0 Å². The SMILES string of the molecule is Cc1cc(C)cc(COC(=O)c2ccccc2SCc2cscn2)c1. The van der Waals surface area contributed by atoms with E-state index in [1.807, 2.05) is 61.1 Å². The second-order valence-corrected chi connectivity index (χ2v) is 7.57. The molecule has 0 fully saturated rings. The molecule has 3 rings (SSSR count). The number of hydrogen-bond acceptors (Lipinski definition) is 5. The van der Waals surface area contributed by atoms with Crippen LogP contribution in [0, 0.1) is 13.8 Å². The Balaban J connectivity index is 1.67. The zero-order chi connectivity index (χ0) is 17.6. The highest BCUT2D eigenvalue weighted by Gasteiger charge is 2.13. The lowest BCUT2D eigenvalue weighted by Gasteiger charge is -2.10. The Kier molecular flexibility index (Phi) is 5.89. The minimum atomic E-state index is -0.291. The van der Waals surface area contributed by atoms with Gasteiger partial charge in [0.15, 0.2) is 0 Å². The molecule has 5 heteroatoms. The van der Waals surface area contributed by atoms with Crippen LogP contribution in [0.25, 0.3) is 0 Å². The molecule has 0 bridgehead atoms. The molecule has 0 saturated carbocycles. The number of esters is 1. The summed E-state index contributed by atoms with van der Waals surface area (Å²) in [6, 6.07) is 13.8. The first kappa shape index (κ1) is 17.7. The predicted molar refractivity (Wildman–Crippen MR) is 103 cm³/mol. The number of benzene rings is 2. The van der Waals surface area contributed by atoms with Crippen LogP contribution in [0.2, 0.25) is 0 Å². The van der Waals surface area contributed by atoms with Gasteiger partial charge in [0.05, 0.1) is 16.8 Å². The third-order valence-electron chi connectivity index (χ3n) is 3.62. The monoisotopic (exact) mass is 369 g/mol. The molecule has 0 amide bonds. The summed E-state index contributed by atoms with van der Waals surface area (Å²) in [5.41, 5.74) is 6.80. The van der Waals surface area contributed by atoms with Crippen LogP contribution in [0.1, 0.15) is 32.7 Å². The molecule has 0 atom stereocenters. The fourth-order valence-corrected chi connectivity index (χ4v) is 4.21. The van der Waals surface area contributed by atoms with E-state index in [9.17, 15) is 4.79 Å². The van der Waals surface area contributed by atoms with E-state index in [4.69, 9.17) is 4.74 Å². The lowest BCUT2D eigenvalue weighted by atomic mass is 10.1. The first-order valence-corrected chi connectivity index (χ1v) is 9.88. The van der Waals surface area contributed by atoms with Crippen LogP contribution < -0.4 is 0 Å². The van der Waals surface area contributed by atoms with Gasteiger partial charge in [0, 0.05) is 16.0 Å². The summed E-state index contributed by atoms with van der Waals surface area (Å²) < 4.78 is 5.54. The molecular formula is C20H19NO2S2. The van der Waals surface area contributed by atoms with Gasteiger partial charge in [-0.05, 0) is 31.5 Å². The second kappa shape index (κ2) is 8.32. The summed E-state index contributed by atoms with van der Waals surface area (Å²) in [7, 11) is 0. The molecule has 0 N–H and O–H groups in total. The van der Waals surface area contributed by atoms with E-state index >= 15 is 0 Å². The van der Waals surface area contributed by atoms with Crippen LogP contribution in [0.3, 0.4) is 0 Å². The molecule has 3 nitrogen and oxygen atoms in total. The van der Waals surface area contributed by atoms with Crippen molar-refractivity contribution in [2.45, 2.75) is 31.1 Å². The van der Waals surface area contributed by atoms with Crippen molar-refractivity contribution in [1.29, 1.82) is 0 Å². The number of rotatable bonds is 6. The summed E-state index contributed by atoms with van der Waals surface area (Å²) in [4.78, 5) is 17.7. The number of hydrogen-bond donors (Lipinski definition) is 0. The Labute approximate surface area is 156 Å². The van der Waals surface area contributed by atoms with E-state index < -0.39 is 0 Å². The Morgan fingerprint density at radius 3 is 2.64 bits per heavy atom. The van der Waals surface area contributed by atoms with Gasteiger partial charge in [0.2, 0.25) is 0 Å². The van der Waals surface area contributed by atoms with E-state index in [2.05, 4.69) is 11.1 Å². The van der Waals surface area contributed by atoms with E-state index in [1.54, 1.807) is 23.1 Å². The van der Waals surface area contributed by atoms with Gasteiger partial charge < -0.3 is 4.74 Å². The molecule has 1 heterocycles. The van der Waals surface area contributed by atoms with Crippen LogP contribution in [0.5, 0.6) is 0 Å². The van der Waals surface area contributed by atoms with Crippen molar-refractivity contribution in [1.82, 2.24) is 4.98 Å². The number of carbonyl (C=O) groups excluding carboxylic acids is 1. The van der Waals surface area contributed by atoms with Crippen molar-refractivity contribution >= 4 is 29.1 Å². The highest BCUT2D eigenvalue weighted by atomic mass is 32.2. The van der Waals surface area contributed by atoms with Crippen molar-refractivity contribution in [2.24, 2.45) is 0 Å². The van der Waals surface area contributed by atoms with Crippen LogP contribution in [0.15, 0.2) is 58.3 Å². The third-order valence-corrected chi connectivity index (χ3v) is 5.36. The highest BCUT2D eigenvalue weighted by molar-refractivity contribution is 7.98. The van der Waals surface area contributed by atoms with Crippen LogP contribution in [-0.2, 0) is 17.1 Å². The molecule has 0 aliphatic rings. The first-order chi connectivity index (χ1) is 12.1. The van der Waals surface area contributed by atoms with E-state index in [-0.39, 0.29) is 12.6 Å². The van der Waals surface area contributed by atoms with Crippen molar-refractivity contribution < 1.29 is 9.53 Å². The zero-order valence-electron chi connectivity index (χ0n) is 14.2. The Bertz CT molecular complexity index is 840. The lowest BCUT2D eigenvalue weighted by molar-refractivity contribution is 0.0468. The maximum Gasteiger partial charge on any atom is 0.339 e. The van der Waals surface area contributed by atoms with Crippen molar-refractivity contribution in [3.8, 4) is 0 Å². The van der Waals surface area contributed by atoms with Gasteiger partial charge in [-0.2, -0.15) is 0 Å². The summed E-state index contributed by atoms with van der Waals surface area (Å²) in [6.45, 7) is 4.37. The van der Waals surface area contributed by atoms with Gasteiger partial charge in [-0.25, -0.2) is 9.78 Å². The fraction of sp³-hybridized carbons (Fsp3) is 0.200. The fourth-order valence-electron chi connectivity index (χ4n) is 2.60. The molecular weight excluding hydrogens is 350 g/mol. The molecule has 0 aliphatic carbocycles. The smallest absolute Gasteiger partial charge is 0.339 e. The first-order valence-electron chi connectivity index (χ1n) is 7.95. The standard InChI is InChI=1S/C20H19NO2S2/c1-14-7-15(2)9-16(8-14)10-23-20(22)18-5-3-4-6-19(18)25-12-17-11-24-13-21-17/h3-9,11,13H,10,12H2,1-2H3. The predicted octanol–water partition coefficient (Wildman–Crippen LogP) is 5.41. The average Bonchev–Trinajstić information content (AvgIpc) is 3.11. The molecule has 1 aromatic heterocycles. The number of nitrogens with zero attached hydrogens (tertiary/aromatic N) is 1. The molecule has 128 valence electrons. The normalized spacial score (nSPS) is 10.6. The van der Waals surface area contributed by atoms with Crippen molar-refractivity contribution in [3.05, 3.63) is 81.3 Å². The maximum atomic E-state index is 12.5. The number of carbonyl (C=O) groups is 1. The molecule has 0 aliphatic heterocycles. The van der Waals surface area contributed by atoms with Crippen LogP contribution >= 0.6 is 23.1 Å². The van der Waals surface area contributed by atoms with E-state index in [0.29, 0.717) is 5.56 Å². The second-order valence-electron chi connectivity index (χ2n) is 5.84. The Morgan fingerprint density at radius 2 is 1.92 bits per heavy atom. The number of thioether (sulfide) groups is 1.